The molecule has 0 bridgehead atoms. The van der Waals surface area contributed by atoms with E-state index in [9.17, 15) is 5.11 Å². The number of hydrogen-bond donors (Lipinski definition) is 1. The molecule has 0 aromatic carbocycles. The molecule has 0 aliphatic carbocycles. The molecule has 1 aromatic heterocycles. The second kappa shape index (κ2) is 6.12. The van der Waals surface area contributed by atoms with Gasteiger partial charge in [-0.05, 0) is 12.3 Å². The van der Waals surface area contributed by atoms with E-state index in [4.69, 9.17) is 4.74 Å². The van der Waals surface area contributed by atoms with E-state index in [1.165, 1.54) is 0 Å². The molecule has 0 saturated carbocycles. The van der Waals surface area contributed by atoms with E-state index >= 15 is 0 Å². The number of hydrogen-bond acceptors (Lipinski definition) is 4. The summed E-state index contributed by atoms with van der Waals surface area (Å²) in [7, 11) is 1.60. The van der Waals surface area contributed by atoms with Crippen molar-refractivity contribution in [1.29, 1.82) is 0 Å². The summed E-state index contributed by atoms with van der Waals surface area (Å²) >= 11 is 0. The van der Waals surface area contributed by atoms with Gasteiger partial charge in [-0.1, -0.05) is 20.8 Å². The summed E-state index contributed by atoms with van der Waals surface area (Å²) in [5, 5.41) is 14.5. The molecule has 1 atom stereocenters. The lowest BCUT2D eigenvalue weighted by Gasteiger charge is -2.25. The Hall–Kier alpha value is -0.940. The minimum atomic E-state index is -0.851. The lowest BCUT2D eigenvalue weighted by atomic mass is 9.97. The second-order valence-electron chi connectivity index (χ2n) is 4.94. The minimum absolute atomic E-state index is 0.317. The maximum Gasteiger partial charge on any atom is 0.138 e. The van der Waals surface area contributed by atoms with E-state index in [1.807, 2.05) is 11.6 Å². The van der Waals surface area contributed by atoms with Crippen molar-refractivity contribution >= 4 is 0 Å². The molecular formula is C12H23N3O2. The van der Waals surface area contributed by atoms with Crippen molar-refractivity contribution in [3.8, 4) is 0 Å². The van der Waals surface area contributed by atoms with Crippen molar-refractivity contribution in [1.82, 2.24) is 14.8 Å². The molecule has 0 saturated heterocycles. The highest BCUT2D eigenvalue weighted by molar-refractivity contribution is 4.94. The summed E-state index contributed by atoms with van der Waals surface area (Å²) < 4.78 is 6.92. The Bertz CT molecular complexity index is 338. The standard InChI is InChI=1S/C12H23N3O2/c1-5-12(16,8-17-4)6-11-13-9-14-15(11)7-10(2)3/h9-10,16H,5-8H2,1-4H3. The first-order valence-electron chi connectivity index (χ1n) is 6.08. The number of ether oxygens (including phenoxy) is 1. The monoisotopic (exact) mass is 241 g/mol. The van der Waals surface area contributed by atoms with Crippen LogP contribution in [0.3, 0.4) is 0 Å². The SMILES string of the molecule is CCC(O)(COC)Cc1ncnn1CC(C)C. The summed E-state index contributed by atoms with van der Waals surface area (Å²) in [6, 6.07) is 0. The molecule has 0 aliphatic heterocycles. The fourth-order valence-corrected chi connectivity index (χ4v) is 1.76. The van der Waals surface area contributed by atoms with Crippen LogP contribution in [-0.4, -0.2) is 39.2 Å². The van der Waals surface area contributed by atoms with Gasteiger partial charge in [0.15, 0.2) is 0 Å². The predicted octanol–water partition coefficient (Wildman–Crippen LogP) is 1.26. The van der Waals surface area contributed by atoms with E-state index in [0.717, 1.165) is 12.4 Å². The molecule has 1 rings (SSSR count). The zero-order valence-electron chi connectivity index (χ0n) is 11.2. The van der Waals surface area contributed by atoms with Crippen molar-refractivity contribution in [2.75, 3.05) is 13.7 Å². The highest BCUT2D eigenvalue weighted by atomic mass is 16.5. The number of methoxy groups -OCH3 is 1. The molecule has 1 heterocycles. The third-order valence-corrected chi connectivity index (χ3v) is 2.79. The molecule has 5 nitrogen and oxygen atoms in total. The van der Waals surface area contributed by atoms with E-state index in [1.54, 1.807) is 13.4 Å². The van der Waals surface area contributed by atoms with Gasteiger partial charge >= 0.3 is 0 Å². The number of rotatable bonds is 7. The zero-order valence-corrected chi connectivity index (χ0v) is 11.2. The van der Waals surface area contributed by atoms with Crippen molar-refractivity contribution < 1.29 is 9.84 Å². The van der Waals surface area contributed by atoms with Gasteiger partial charge in [0, 0.05) is 20.1 Å². The Morgan fingerprint density at radius 3 is 2.76 bits per heavy atom. The normalized spacial score (nSPS) is 15.2. The highest BCUT2D eigenvalue weighted by Crippen LogP contribution is 2.17. The van der Waals surface area contributed by atoms with Crippen LogP contribution >= 0.6 is 0 Å². The van der Waals surface area contributed by atoms with Gasteiger partial charge in [-0.2, -0.15) is 5.10 Å². The van der Waals surface area contributed by atoms with Crippen LogP contribution < -0.4 is 0 Å². The Kier molecular flexibility index (Phi) is 5.08. The highest BCUT2D eigenvalue weighted by Gasteiger charge is 2.27. The summed E-state index contributed by atoms with van der Waals surface area (Å²) in [5.41, 5.74) is -0.851. The van der Waals surface area contributed by atoms with Gasteiger partial charge in [0.1, 0.15) is 12.2 Å². The third kappa shape index (κ3) is 4.09. The van der Waals surface area contributed by atoms with E-state index in [-0.39, 0.29) is 0 Å². The molecular weight excluding hydrogens is 218 g/mol. The Balaban J connectivity index is 2.76. The van der Waals surface area contributed by atoms with Crippen LogP contribution in [0.15, 0.2) is 6.33 Å². The van der Waals surface area contributed by atoms with Gasteiger partial charge < -0.3 is 9.84 Å². The van der Waals surface area contributed by atoms with Crippen LogP contribution in [0, 0.1) is 5.92 Å². The zero-order chi connectivity index (χ0) is 12.9. The first-order valence-corrected chi connectivity index (χ1v) is 6.08. The molecule has 17 heavy (non-hydrogen) atoms. The Morgan fingerprint density at radius 1 is 1.53 bits per heavy atom. The molecule has 0 amide bonds. The smallest absolute Gasteiger partial charge is 0.138 e. The predicted molar refractivity (Wildman–Crippen MR) is 65.7 cm³/mol. The topological polar surface area (TPSA) is 60.2 Å². The second-order valence-corrected chi connectivity index (χ2v) is 4.94. The van der Waals surface area contributed by atoms with Crippen LogP contribution in [0.2, 0.25) is 0 Å². The molecule has 1 N–H and O–H groups in total. The number of aliphatic hydroxyl groups is 1. The first-order chi connectivity index (χ1) is 8.00. The van der Waals surface area contributed by atoms with Gasteiger partial charge in [-0.3, -0.25) is 0 Å². The molecule has 98 valence electrons. The Morgan fingerprint density at radius 2 is 2.24 bits per heavy atom. The largest absolute Gasteiger partial charge is 0.387 e. The van der Waals surface area contributed by atoms with Crippen molar-refractivity contribution in [3.63, 3.8) is 0 Å². The summed E-state index contributed by atoms with van der Waals surface area (Å²) in [6.07, 6.45) is 2.65. The maximum atomic E-state index is 10.3. The number of aromatic nitrogens is 3. The maximum absolute atomic E-state index is 10.3. The van der Waals surface area contributed by atoms with Crippen LogP contribution in [-0.2, 0) is 17.7 Å². The van der Waals surface area contributed by atoms with E-state index < -0.39 is 5.60 Å². The molecule has 1 unspecified atom stereocenters. The van der Waals surface area contributed by atoms with Crippen LogP contribution in [0.4, 0.5) is 0 Å². The quantitative estimate of drug-likeness (QED) is 0.781. The van der Waals surface area contributed by atoms with Gasteiger partial charge in [0.2, 0.25) is 0 Å². The lowest BCUT2D eigenvalue weighted by molar-refractivity contribution is -0.0353. The molecule has 0 spiro atoms. The van der Waals surface area contributed by atoms with E-state index in [2.05, 4.69) is 23.9 Å². The van der Waals surface area contributed by atoms with Gasteiger partial charge in [0.05, 0.1) is 12.2 Å². The fourth-order valence-electron chi connectivity index (χ4n) is 1.76. The fraction of sp³-hybridized carbons (Fsp3) is 0.833. The third-order valence-electron chi connectivity index (χ3n) is 2.79. The van der Waals surface area contributed by atoms with Crippen LogP contribution in [0.1, 0.15) is 33.0 Å². The summed E-state index contributed by atoms with van der Waals surface area (Å²) in [5.74, 6) is 1.33. The van der Waals surface area contributed by atoms with Crippen molar-refractivity contribution in [3.05, 3.63) is 12.2 Å². The number of nitrogens with zero attached hydrogens (tertiary/aromatic N) is 3. The average molecular weight is 241 g/mol. The van der Waals surface area contributed by atoms with Crippen molar-refractivity contribution in [2.45, 2.75) is 45.8 Å². The molecule has 0 radical (unpaired) electrons. The lowest BCUT2D eigenvalue weighted by Crippen LogP contribution is -2.37. The molecule has 1 aromatic rings. The average Bonchev–Trinajstić information content (AvgIpc) is 2.65. The first kappa shape index (κ1) is 14.1. The summed E-state index contributed by atoms with van der Waals surface area (Å²) in [4.78, 5) is 4.22. The molecule has 0 fully saturated rings. The van der Waals surface area contributed by atoms with Crippen molar-refractivity contribution in [2.24, 2.45) is 5.92 Å². The molecule has 0 aliphatic rings. The molecule has 5 heteroatoms. The summed E-state index contributed by atoms with van der Waals surface area (Å²) in [6.45, 7) is 7.35. The van der Waals surface area contributed by atoms with Gasteiger partial charge in [-0.25, -0.2) is 9.67 Å². The Labute approximate surface area is 103 Å². The van der Waals surface area contributed by atoms with Gasteiger partial charge in [-0.15, -0.1) is 0 Å². The van der Waals surface area contributed by atoms with Crippen LogP contribution in [0.25, 0.3) is 0 Å². The minimum Gasteiger partial charge on any atom is -0.387 e. The van der Waals surface area contributed by atoms with Crippen LogP contribution in [0.5, 0.6) is 0 Å². The van der Waals surface area contributed by atoms with E-state index in [0.29, 0.717) is 25.4 Å². The van der Waals surface area contributed by atoms with Gasteiger partial charge in [0.25, 0.3) is 0 Å².